The fraction of sp³-hybridized carbons (Fsp3) is 0.238. The van der Waals surface area contributed by atoms with Crippen molar-refractivity contribution in [2.24, 2.45) is 0 Å². The Morgan fingerprint density at radius 3 is 2.50 bits per heavy atom. The number of rotatable bonds is 6. The molecule has 0 heterocycles. The van der Waals surface area contributed by atoms with Crippen molar-refractivity contribution in [3.8, 4) is 0 Å². The Bertz CT molecular complexity index is 939. The molecule has 3 rings (SSSR count). The molecule has 1 aliphatic carbocycles. The molecule has 0 aromatic heterocycles. The summed E-state index contributed by atoms with van der Waals surface area (Å²) in [6.07, 6.45) is 0.491. The first-order valence-corrected chi connectivity index (χ1v) is 10.0. The van der Waals surface area contributed by atoms with E-state index in [1.54, 1.807) is 24.3 Å². The highest BCUT2D eigenvalue weighted by molar-refractivity contribution is 9.10. The first kappa shape index (κ1) is 20.6. The second kappa shape index (κ2) is 8.90. The number of allylic oxidation sites excluding steroid dienone is 1. The van der Waals surface area contributed by atoms with E-state index in [-0.39, 0.29) is 11.8 Å². The molecule has 28 heavy (non-hydrogen) atoms. The molecule has 7 heteroatoms. The second-order valence-corrected chi connectivity index (χ2v) is 8.20. The van der Waals surface area contributed by atoms with Gasteiger partial charge in [0.1, 0.15) is 0 Å². The second-order valence-electron chi connectivity index (χ2n) is 6.85. The molecule has 0 saturated carbocycles. The molecule has 0 bridgehead atoms. The van der Waals surface area contributed by atoms with Crippen LogP contribution in [0.3, 0.4) is 0 Å². The van der Waals surface area contributed by atoms with Gasteiger partial charge in [-0.25, -0.2) is 0 Å². The summed E-state index contributed by atoms with van der Waals surface area (Å²) in [5, 5.41) is 6.43. The van der Waals surface area contributed by atoms with E-state index in [1.807, 2.05) is 37.2 Å². The number of halogens is 2. The molecule has 0 fully saturated rings. The quantitative estimate of drug-likeness (QED) is 0.691. The smallest absolute Gasteiger partial charge is 0.255 e. The van der Waals surface area contributed by atoms with Crippen LogP contribution in [0.1, 0.15) is 21.5 Å². The van der Waals surface area contributed by atoms with Crippen molar-refractivity contribution < 1.29 is 9.59 Å². The topological polar surface area (TPSA) is 61.4 Å². The zero-order valence-electron chi connectivity index (χ0n) is 15.7. The van der Waals surface area contributed by atoms with Gasteiger partial charge in [-0.1, -0.05) is 33.6 Å². The number of carbonyl (C=O) groups excluding carboxylic acids is 2. The molecule has 2 amide bonds. The van der Waals surface area contributed by atoms with E-state index < -0.39 is 0 Å². The Kier molecular flexibility index (Phi) is 6.54. The van der Waals surface area contributed by atoms with Crippen LogP contribution in [0.25, 0.3) is 5.57 Å². The third kappa shape index (κ3) is 4.82. The van der Waals surface area contributed by atoms with Crippen LogP contribution in [0.4, 0.5) is 0 Å². The van der Waals surface area contributed by atoms with Gasteiger partial charge in [-0.15, -0.1) is 0 Å². The summed E-state index contributed by atoms with van der Waals surface area (Å²) in [6.45, 7) is 1.26. The Balaban J connectivity index is 1.86. The van der Waals surface area contributed by atoms with Crippen LogP contribution in [-0.2, 0) is 11.2 Å². The molecular formula is C21H21BrClN3O2. The van der Waals surface area contributed by atoms with Crippen LogP contribution in [0, 0.1) is 0 Å². The van der Waals surface area contributed by atoms with Gasteiger partial charge in [0.2, 0.25) is 0 Å². The van der Waals surface area contributed by atoms with Gasteiger partial charge in [-0.2, -0.15) is 0 Å². The number of nitrogens with one attached hydrogen (secondary N) is 2. The van der Waals surface area contributed by atoms with Crippen LogP contribution in [0.15, 0.2) is 52.6 Å². The van der Waals surface area contributed by atoms with Crippen molar-refractivity contribution in [1.82, 2.24) is 15.5 Å². The summed E-state index contributed by atoms with van der Waals surface area (Å²) >= 11 is 9.37. The number of carbonyl (C=O) groups is 2. The van der Waals surface area contributed by atoms with Crippen LogP contribution in [-0.4, -0.2) is 43.9 Å². The number of nitrogens with zero attached hydrogens (tertiary/aromatic N) is 1. The van der Waals surface area contributed by atoms with E-state index in [4.69, 9.17) is 11.6 Å². The molecule has 0 saturated heterocycles. The summed E-state index contributed by atoms with van der Waals surface area (Å²) in [6, 6.07) is 12.4. The average Bonchev–Trinajstić information content (AvgIpc) is 2.98. The maximum atomic E-state index is 12.9. The summed E-state index contributed by atoms with van der Waals surface area (Å²) in [7, 11) is 3.90. The van der Waals surface area contributed by atoms with E-state index in [0.717, 1.165) is 22.1 Å². The van der Waals surface area contributed by atoms with Crippen molar-refractivity contribution in [1.29, 1.82) is 0 Å². The Hall–Kier alpha value is -2.15. The minimum Gasteiger partial charge on any atom is -0.351 e. The standard InChI is InChI=1S/C21H21BrClN3O2/c1-26(2)10-9-24-21(28)19-17-8-5-15(22)11-14(17)12-18(19)25-20(27)13-3-6-16(23)7-4-13/h3-8,11H,9-10,12H2,1-2H3,(H,24,28)(H,25,27). The lowest BCUT2D eigenvalue weighted by Crippen LogP contribution is -2.33. The van der Waals surface area contributed by atoms with Crippen LogP contribution < -0.4 is 10.6 Å². The molecule has 5 nitrogen and oxygen atoms in total. The highest BCUT2D eigenvalue weighted by Gasteiger charge is 2.28. The van der Waals surface area contributed by atoms with Crippen molar-refractivity contribution in [3.05, 3.63) is 74.3 Å². The van der Waals surface area contributed by atoms with Crippen LogP contribution in [0.5, 0.6) is 0 Å². The fourth-order valence-corrected chi connectivity index (χ4v) is 3.59. The highest BCUT2D eigenvalue weighted by Crippen LogP contribution is 2.33. The molecule has 2 aromatic rings. The van der Waals surface area contributed by atoms with Crippen molar-refractivity contribution in [2.75, 3.05) is 27.2 Å². The summed E-state index contributed by atoms with van der Waals surface area (Å²) in [4.78, 5) is 27.5. The Morgan fingerprint density at radius 2 is 1.82 bits per heavy atom. The molecule has 146 valence electrons. The molecule has 0 radical (unpaired) electrons. The number of amides is 2. The van der Waals surface area contributed by atoms with Crippen LogP contribution >= 0.6 is 27.5 Å². The van der Waals surface area contributed by atoms with Gasteiger partial charge >= 0.3 is 0 Å². The summed E-state index contributed by atoms with van der Waals surface area (Å²) < 4.78 is 0.934. The van der Waals surface area contributed by atoms with Crippen molar-refractivity contribution in [3.63, 3.8) is 0 Å². The lowest BCUT2D eigenvalue weighted by atomic mass is 10.1. The molecule has 0 spiro atoms. The largest absolute Gasteiger partial charge is 0.351 e. The maximum absolute atomic E-state index is 12.9. The van der Waals surface area contributed by atoms with Gasteiger partial charge in [0, 0.05) is 40.3 Å². The predicted molar refractivity (Wildman–Crippen MR) is 115 cm³/mol. The number of fused-ring (bicyclic) bond motifs is 1. The van der Waals surface area contributed by atoms with Gasteiger partial charge in [0.15, 0.2) is 0 Å². The predicted octanol–water partition coefficient (Wildman–Crippen LogP) is 3.48. The first-order chi connectivity index (χ1) is 13.3. The Morgan fingerprint density at radius 1 is 1.11 bits per heavy atom. The van der Waals surface area contributed by atoms with Gasteiger partial charge in [0.05, 0.1) is 5.57 Å². The molecule has 1 aliphatic rings. The van der Waals surface area contributed by atoms with Gasteiger partial charge < -0.3 is 15.5 Å². The van der Waals surface area contributed by atoms with E-state index in [0.29, 0.717) is 34.8 Å². The molecular weight excluding hydrogens is 442 g/mol. The number of benzene rings is 2. The molecule has 0 unspecified atom stereocenters. The lowest BCUT2D eigenvalue weighted by Gasteiger charge is -2.13. The highest BCUT2D eigenvalue weighted by atomic mass is 79.9. The molecule has 2 N–H and O–H groups in total. The monoisotopic (exact) mass is 461 g/mol. The zero-order chi connectivity index (χ0) is 20.3. The van der Waals surface area contributed by atoms with Crippen LogP contribution in [0.2, 0.25) is 5.02 Å². The van der Waals surface area contributed by atoms with Gasteiger partial charge in [-0.3, -0.25) is 9.59 Å². The van der Waals surface area contributed by atoms with E-state index in [1.165, 1.54) is 0 Å². The zero-order valence-corrected chi connectivity index (χ0v) is 18.0. The van der Waals surface area contributed by atoms with E-state index in [2.05, 4.69) is 26.6 Å². The SMILES string of the molecule is CN(C)CCNC(=O)C1=C(NC(=O)c2ccc(Cl)cc2)Cc2cc(Br)ccc21. The third-order valence-electron chi connectivity index (χ3n) is 4.45. The third-order valence-corrected chi connectivity index (χ3v) is 5.19. The van der Waals surface area contributed by atoms with E-state index in [9.17, 15) is 9.59 Å². The van der Waals surface area contributed by atoms with E-state index >= 15 is 0 Å². The normalized spacial score (nSPS) is 12.9. The van der Waals surface area contributed by atoms with Gasteiger partial charge in [-0.05, 0) is 61.6 Å². The molecule has 0 atom stereocenters. The number of hydrogen-bond donors (Lipinski definition) is 2. The first-order valence-electron chi connectivity index (χ1n) is 8.87. The average molecular weight is 463 g/mol. The van der Waals surface area contributed by atoms with Gasteiger partial charge in [0.25, 0.3) is 11.8 Å². The maximum Gasteiger partial charge on any atom is 0.255 e. The number of hydrogen-bond acceptors (Lipinski definition) is 3. The lowest BCUT2D eigenvalue weighted by molar-refractivity contribution is -0.115. The number of likely N-dealkylation sites (N-methyl/N-ethyl adjacent to an activating group) is 1. The Labute approximate surface area is 177 Å². The fourth-order valence-electron chi connectivity index (χ4n) is 3.05. The molecule has 0 aliphatic heterocycles. The molecule has 2 aromatic carbocycles. The van der Waals surface area contributed by atoms with Crippen molar-refractivity contribution in [2.45, 2.75) is 6.42 Å². The van der Waals surface area contributed by atoms with Crippen molar-refractivity contribution >= 4 is 44.9 Å². The minimum atomic E-state index is -0.267. The minimum absolute atomic E-state index is 0.186. The summed E-state index contributed by atoms with van der Waals surface area (Å²) in [5.74, 6) is -0.452. The summed E-state index contributed by atoms with van der Waals surface area (Å²) in [5.41, 5.74) is 3.45.